The number of nitrogens with one attached hydrogen (secondary N) is 3. The zero-order chi connectivity index (χ0) is 46.6. The van der Waals surface area contributed by atoms with E-state index in [1.165, 1.54) is 32.3 Å². The number of hydrogen-bond acceptors (Lipinski definition) is 12. The van der Waals surface area contributed by atoms with Crippen molar-refractivity contribution < 1.29 is 61.0 Å². The summed E-state index contributed by atoms with van der Waals surface area (Å²) in [6.07, 6.45) is 2.34. The fourth-order valence-electron chi connectivity index (χ4n) is 10.3. The Morgan fingerprint density at radius 1 is 0.954 bits per heavy atom. The van der Waals surface area contributed by atoms with Gasteiger partial charge in [-0.25, -0.2) is 18.4 Å². The van der Waals surface area contributed by atoms with Crippen molar-refractivity contribution in [2.24, 2.45) is 17.3 Å². The number of benzene rings is 2. The summed E-state index contributed by atoms with van der Waals surface area (Å²) in [5.74, 6) is -7.27. The molecule has 3 aliphatic heterocycles. The maximum atomic E-state index is 15.8. The Labute approximate surface area is 388 Å². The van der Waals surface area contributed by atoms with Crippen LogP contribution in [-0.2, 0) is 34.9 Å². The molecule has 16 nitrogen and oxygen atoms in total. The molecule has 65 heavy (non-hydrogen) atoms. The molecule has 2 aromatic carbocycles. The number of imide groups is 1. The Bertz CT molecular complexity index is 2210. The van der Waals surface area contributed by atoms with Crippen LogP contribution in [0.1, 0.15) is 94.8 Å². The van der Waals surface area contributed by atoms with Gasteiger partial charge >= 0.3 is 30.9 Å². The van der Waals surface area contributed by atoms with Crippen molar-refractivity contribution in [3.05, 3.63) is 51.5 Å². The van der Waals surface area contributed by atoms with Gasteiger partial charge in [0.2, 0.25) is 5.91 Å². The van der Waals surface area contributed by atoms with Gasteiger partial charge < -0.3 is 49.1 Å². The Hall–Kier alpha value is -4.43. The molecule has 3 aliphatic carbocycles. The molecule has 6 atom stereocenters. The summed E-state index contributed by atoms with van der Waals surface area (Å²) >= 11 is 6.82. The average Bonchev–Trinajstić information content (AvgIpc) is 3.61. The van der Waals surface area contributed by atoms with Gasteiger partial charge in [-0.15, -0.1) is 12.4 Å². The first-order chi connectivity index (χ1) is 30.1. The first kappa shape index (κ1) is 50.0. The van der Waals surface area contributed by atoms with Gasteiger partial charge in [0.1, 0.15) is 28.8 Å². The van der Waals surface area contributed by atoms with E-state index >= 15 is 13.6 Å². The molecule has 6 fully saturated rings. The summed E-state index contributed by atoms with van der Waals surface area (Å²) < 4.78 is 66.6. The van der Waals surface area contributed by atoms with Crippen LogP contribution in [-0.4, -0.2) is 123 Å². The number of carbonyl (C=O) groups excluding carboxylic acids is 5. The highest BCUT2D eigenvalue weighted by molar-refractivity contribution is 6.48. The molecule has 3 saturated heterocycles. The van der Waals surface area contributed by atoms with Crippen LogP contribution in [0.5, 0.6) is 17.2 Å². The van der Waals surface area contributed by atoms with Crippen LogP contribution in [0, 0.1) is 28.9 Å². The zero-order valence-corrected chi connectivity index (χ0v) is 39.6. The first-order valence-corrected chi connectivity index (χ1v) is 22.0. The van der Waals surface area contributed by atoms with Crippen molar-refractivity contribution in [3.8, 4) is 17.2 Å². The van der Waals surface area contributed by atoms with E-state index in [1.54, 1.807) is 20.8 Å². The van der Waals surface area contributed by atoms with Gasteiger partial charge in [0.25, 0.3) is 0 Å². The maximum Gasteiger partial charge on any atom is 0.482 e. The summed E-state index contributed by atoms with van der Waals surface area (Å²) in [4.78, 5) is 71.7. The van der Waals surface area contributed by atoms with Crippen molar-refractivity contribution >= 4 is 60.8 Å². The molecule has 3 N–H and O–H groups in total. The lowest BCUT2D eigenvalue weighted by atomic mass is 9.43. The van der Waals surface area contributed by atoms with E-state index in [1.807, 2.05) is 6.92 Å². The number of carbonyl (C=O) groups is 5. The predicted octanol–water partition coefficient (Wildman–Crippen LogP) is 5.19. The van der Waals surface area contributed by atoms with Crippen LogP contribution >= 0.6 is 24.0 Å². The number of piperazine rings is 1. The van der Waals surface area contributed by atoms with Gasteiger partial charge in [0, 0.05) is 24.7 Å². The SMILES string of the molecule is COc1c(F)cc(C(NC(=O)N2CCN(C3CCNCC3)C(=O)C2=O)C(=O)N[C@@H](Cc2ccc(F)c(C(=O)OC(C)(C)C)c2OC)B2O[C@@H]3C[C@@H]4C[C@@H](C4(C)C)[C@]3(C)O2)c(Cl)c1OC.Cl. The number of piperidine rings is 1. The largest absolute Gasteiger partial charge is 0.495 e. The second-order valence-electron chi connectivity index (χ2n) is 18.9. The minimum absolute atomic E-state index is 0. The Morgan fingerprint density at radius 2 is 1.62 bits per heavy atom. The fraction of sp³-hybridized carbons (Fsp3) is 0.614. The molecule has 5 amide bonds. The third kappa shape index (κ3) is 9.32. The molecule has 8 rings (SSSR count). The van der Waals surface area contributed by atoms with Crippen molar-refractivity contribution in [1.29, 1.82) is 0 Å². The van der Waals surface area contributed by atoms with Gasteiger partial charge in [0.05, 0.1) is 44.0 Å². The van der Waals surface area contributed by atoms with E-state index in [2.05, 4.69) is 29.8 Å². The number of nitrogens with zero attached hydrogens (tertiary/aromatic N) is 2. The molecular formula is C44H58BCl2F2N5O11. The number of esters is 1. The lowest BCUT2D eigenvalue weighted by Gasteiger charge is -2.64. The number of methoxy groups -OCH3 is 3. The van der Waals surface area contributed by atoms with E-state index < -0.39 is 77.2 Å². The molecule has 356 valence electrons. The molecule has 2 bridgehead atoms. The van der Waals surface area contributed by atoms with Crippen molar-refractivity contribution in [3.63, 3.8) is 0 Å². The van der Waals surface area contributed by atoms with Gasteiger partial charge in [-0.2, -0.15) is 0 Å². The number of hydrogen-bond donors (Lipinski definition) is 3. The Balaban J connectivity index is 0.00000700. The second kappa shape index (κ2) is 19.1. The fourth-order valence-corrected chi connectivity index (χ4v) is 10.6. The first-order valence-electron chi connectivity index (χ1n) is 21.6. The summed E-state index contributed by atoms with van der Waals surface area (Å²) in [7, 11) is 2.53. The van der Waals surface area contributed by atoms with Crippen LogP contribution in [0.3, 0.4) is 0 Å². The molecule has 1 unspecified atom stereocenters. The highest BCUT2D eigenvalue weighted by atomic mass is 35.5. The van der Waals surface area contributed by atoms with E-state index in [0.717, 1.165) is 18.6 Å². The molecule has 3 heterocycles. The maximum absolute atomic E-state index is 15.8. The zero-order valence-electron chi connectivity index (χ0n) is 38.1. The van der Waals surface area contributed by atoms with E-state index in [4.69, 9.17) is 39.9 Å². The molecule has 2 aromatic rings. The van der Waals surface area contributed by atoms with Gasteiger partial charge in [-0.1, -0.05) is 31.5 Å². The monoisotopic (exact) mass is 951 g/mol. The number of urea groups is 1. The number of ether oxygens (including phenoxy) is 4. The molecule has 0 aromatic heterocycles. The van der Waals surface area contributed by atoms with Crippen LogP contribution < -0.4 is 30.2 Å². The summed E-state index contributed by atoms with van der Waals surface area (Å²) in [5, 5.41) is 8.37. The number of rotatable bonds is 12. The molecule has 6 aliphatic rings. The van der Waals surface area contributed by atoms with E-state index in [-0.39, 0.29) is 88.8 Å². The Morgan fingerprint density at radius 3 is 2.23 bits per heavy atom. The average molecular weight is 953 g/mol. The summed E-state index contributed by atoms with van der Waals surface area (Å²) in [5.41, 5.74) is -2.28. The Kier molecular flexibility index (Phi) is 14.7. The van der Waals surface area contributed by atoms with E-state index in [0.29, 0.717) is 43.2 Å². The molecular weight excluding hydrogens is 894 g/mol. The van der Waals surface area contributed by atoms with E-state index in [9.17, 15) is 19.2 Å². The minimum atomic E-state index is -1.85. The lowest BCUT2D eigenvalue weighted by molar-refractivity contribution is -0.199. The van der Waals surface area contributed by atoms with Crippen molar-refractivity contribution in [2.75, 3.05) is 47.5 Å². The highest BCUT2D eigenvalue weighted by Crippen LogP contribution is 2.66. The smallest absolute Gasteiger partial charge is 0.482 e. The normalized spacial score (nSPS) is 24.8. The minimum Gasteiger partial charge on any atom is -0.495 e. The van der Waals surface area contributed by atoms with Gasteiger partial charge in [0.15, 0.2) is 17.3 Å². The van der Waals surface area contributed by atoms with Crippen LogP contribution in [0.4, 0.5) is 13.6 Å². The highest BCUT2D eigenvalue weighted by Gasteiger charge is 2.68. The molecule has 0 spiro atoms. The van der Waals surface area contributed by atoms with Crippen LogP contribution in [0.2, 0.25) is 5.02 Å². The standard InChI is InChI=1S/C44H57BClF2N5O11.ClH/c1-42(2,3)62-40(57)31-26(47)11-10-22(34(31)59-7)18-30(45-63-29-20-23-19-28(43(23,4)5)44(29,6)64-45)50-37(54)33(25-21-27(48)35(60-8)36(61-9)32(25)46)51-41(58)53-17-16-52(38(55)39(53)56)24-12-14-49-15-13-24;/h10-11,21,23-24,28-30,33,49H,12-20H2,1-9H3,(H,50,54)(H,51,58);1H/t23-,28-,29+,30-,33?,44-;/m0./s1. The van der Waals surface area contributed by atoms with Gasteiger partial charge in [-0.05, 0) is 108 Å². The van der Waals surface area contributed by atoms with Gasteiger partial charge in [-0.3, -0.25) is 19.3 Å². The van der Waals surface area contributed by atoms with Crippen molar-refractivity contribution in [1.82, 2.24) is 25.8 Å². The summed E-state index contributed by atoms with van der Waals surface area (Å²) in [6, 6.07) is 0.229. The van der Waals surface area contributed by atoms with Crippen LogP contribution in [0.25, 0.3) is 0 Å². The molecule has 3 saturated carbocycles. The summed E-state index contributed by atoms with van der Waals surface area (Å²) in [6.45, 7) is 12.5. The topological polar surface area (TPSA) is 183 Å². The van der Waals surface area contributed by atoms with Crippen LogP contribution in [0.15, 0.2) is 18.2 Å². The third-order valence-corrected chi connectivity index (χ3v) is 14.1. The molecule has 21 heteroatoms. The number of halogens is 4. The lowest BCUT2D eigenvalue weighted by Crippen LogP contribution is -2.65. The number of amides is 5. The quantitative estimate of drug-likeness (QED) is 0.144. The predicted molar refractivity (Wildman–Crippen MR) is 236 cm³/mol. The van der Waals surface area contributed by atoms with Crippen molar-refractivity contribution in [2.45, 2.75) is 109 Å². The third-order valence-electron chi connectivity index (χ3n) is 13.7. The molecule has 0 radical (unpaired) electrons. The second-order valence-corrected chi connectivity index (χ2v) is 19.3.